The minimum atomic E-state index is -1.31. The molecule has 0 bridgehead atoms. The minimum Gasteiger partial charge on any atom is -0.478 e. The summed E-state index contributed by atoms with van der Waals surface area (Å²) in [5.74, 6) is -0.507. The van der Waals surface area contributed by atoms with Crippen LogP contribution in [0.1, 0.15) is 76.1 Å². The van der Waals surface area contributed by atoms with Gasteiger partial charge in [-0.1, -0.05) is 75.1 Å². The number of carboxylic acids is 1. The molecule has 9 heteroatoms. The van der Waals surface area contributed by atoms with Gasteiger partial charge in [0.2, 0.25) is 0 Å². The second-order valence-electron chi connectivity index (χ2n) is 11.7. The van der Waals surface area contributed by atoms with Crippen LogP contribution >= 0.6 is 0 Å². The number of carbonyl (C=O) groups is 1. The van der Waals surface area contributed by atoms with E-state index in [1.807, 2.05) is 18.2 Å². The van der Waals surface area contributed by atoms with E-state index in [0.29, 0.717) is 31.0 Å². The standard InChI is InChI=1S/C34H48N4O5/c1-5-6-7-8-12-24-38-31(39)30(35-36(4)33(38)42)22-26-37(23-13-16-27-14-10-9-11-15-27)25-21-28-17-19-29(20-18-28)43-34(2,3)32(40)41/h9-11,14-15,17-20H,5-8,12-13,16,21-26H2,1-4H3,(H,40,41). The van der Waals surface area contributed by atoms with Crippen molar-refractivity contribution in [3.8, 4) is 5.75 Å². The maximum atomic E-state index is 13.2. The van der Waals surface area contributed by atoms with Crippen molar-refractivity contribution in [2.45, 2.75) is 90.7 Å². The summed E-state index contributed by atoms with van der Waals surface area (Å²) in [4.78, 5) is 39.7. The van der Waals surface area contributed by atoms with Crippen LogP contribution in [0.3, 0.4) is 0 Å². The number of nitrogens with zero attached hydrogens (tertiary/aromatic N) is 4. The Balaban J connectivity index is 1.67. The van der Waals surface area contributed by atoms with Gasteiger partial charge in [0.15, 0.2) is 5.60 Å². The van der Waals surface area contributed by atoms with Gasteiger partial charge in [-0.15, -0.1) is 0 Å². The SMILES string of the molecule is CCCCCCCn1c(=O)c(CCN(CCCc2ccccc2)CCc2ccc(OC(C)(C)C(=O)O)cc2)nn(C)c1=O. The normalized spacial score (nSPS) is 11.7. The number of benzene rings is 2. The molecule has 0 amide bonds. The molecule has 3 rings (SSSR count). The van der Waals surface area contributed by atoms with E-state index in [4.69, 9.17) is 4.74 Å². The monoisotopic (exact) mass is 592 g/mol. The van der Waals surface area contributed by atoms with Crippen LogP contribution in [0.5, 0.6) is 5.75 Å². The van der Waals surface area contributed by atoms with Crippen molar-refractivity contribution in [2.75, 3.05) is 19.6 Å². The van der Waals surface area contributed by atoms with Crippen molar-refractivity contribution in [1.29, 1.82) is 0 Å². The topological polar surface area (TPSA) is 107 Å². The van der Waals surface area contributed by atoms with Gasteiger partial charge >= 0.3 is 11.7 Å². The van der Waals surface area contributed by atoms with Crippen molar-refractivity contribution < 1.29 is 14.6 Å². The highest BCUT2D eigenvalue weighted by atomic mass is 16.5. The predicted molar refractivity (Wildman–Crippen MR) is 170 cm³/mol. The van der Waals surface area contributed by atoms with Crippen molar-refractivity contribution in [1.82, 2.24) is 19.2 Å². The maximum Gasteiger partial charge on any atom is 0.347 e. The lowest BCUT2D eigenvalue weighted by molar-refractivity contribution is -0.152. The second-order valence-corrected chi connectivity index (χ2v) is 11.7. The molecule has 3 aromatic rings. The van der Waals surface area contributed by atoms with Crippen molar-refractivity contribution >= 4 is 5.97 Å². The third-order valence-corrected chi connectivity index (χ3v) is 7.73. The second kappa shape index (κ2) is 16.8. The molecule has 0 radical (unpaired) electrons. The highest BCUT2D eigenvalue weighted by Crippen LogP contribution is 2.20. The first-order valence-electron chi connectivity index (χ1n) is 15.6. The van der Waals surface area contributed by atoms with E-state index in [1.54, 1.807) is 19.2 Å². The Bertz CT molecular complexity index is 1400. The van der Waals surface area contributed by atoms with Gasteiger partial charge in [-0.25, -0.2) is 14.3 Å². The zero-order chi connectivity index (χ0) is 31.2. The fraction of sp³-hybridized carbons (Fsp3) is 0.529. The van der Waals surface area contributed by atoms with Gasteiger partial charge in [-0.3, -0.25) is 9.36 Å². The zero-order valence-electron chi connectivity index (χ0n) is 26.3. The van der Waals surface area contributed by atoms with Gasteiger partial charge in [-0.05, 0) is 69.3 Å². The predicted octanol–water partition coefficient (Wildman–Crippen LogP) is 4.87. The number of ether oxygens (including phenoxy) is 1. The van der Waals surface area contributed by atoms with Gasteiger partial charge in [0.05, 0.1) is 0 Å². The van der Waals surface area contributed by atoms with Gasteiger partial charge in [-0.2, -0.15) is 5.10 Å². The minimum absolute atomic E-state index is 0.275. The molecule has 9 nitrogen and oxygen atoms in total. The smallest absolute Gasteiger partial charge is 0.347 e. The fourth-order valence-corrected chi connectivity index (χ4v) is 5.01. The molecule has 0 aliphatic heterocycles. The summed E-state index contributed by atoms with van der Waals surface area (Å²) in [6, 6.07) is 17.9. The third kappa shape index (κ3) is 10.8. The highest BCUT2D eigenvalue weighted by Gasteiger charge is 2.29. The molecule has 1 aromatic heterocycles. The largest absolute Gasteiger partial charge is 0.478 e. The Morgan fingerprint density at radius 2 is 1.51 bits per heavy atom. The lowest BCUT2D eigenvalue weighted by Crippen LogP contribution is -2.43. The molecule has 234 valence electrons. The summed E-state index contributed by atoms with van der Waals surface area (Å²) in [5.41, 5.74) is 0.889. The highest BCUT2D eigenvalue weighted by molar-refractivity contribution is 5.76. The van der Waals surface area contributed by atoms with Crippen molar-refractivity contribution in [3.05, 3.63) is 92.3 Å². The third-order valence-electron chi connectivity index (χ3n) is 7.73. The number of hydrogen-bond donors (Lipinski definition) is 1. The van der Waals surface area contributed by atoms with Gasteiger partial charge in [0.25, 0.3) is 5.56 Å². The molecular weight excluding hydrogens is 544 g/mol. The number of hydrogen-bond acceptors (Lipinski definition) is 6. The van der Waals surface area contributed by atoms with Crippen LogP contribution < -0.4 is 16.0 Å². The summed E-state index contributed by atoms with van der Waals surface area (Å²) in [7, 11) is 1.61. The van der Waals surface area contributed by atoms with Gasteiger partial charge < -0.3 is 14.7 Å². The van der Waals surface area contributed by atoms with Crippen LogP contribution in [0.4, 0.5) is 0 Å². The van der Waals surface area contributed by atoms with Crippen molar-refractivity contribution in [2.24, 2.45) is 7.05 Å². The molecule has 0 saturated heterocycles. The molecule has 0 atom stereocenters. The number of aliphatic carboxylic acids is 1. The molecule has 1 heterocycles. The van der Waals surface area contributed by atoms with Gasteiger partial charge in [0, 0.05) is 33.1 Å². The molecule has 0 saturated carbocycles. The van der Waals surface area contributed by atoms with E-state index in [1.165, 1.54) is 28.7 Å². The van der Waals surface area contributed by atoms with Crippen LogP contribution in [0.2, 0.25) is 0 Å². The number of aryl methyl sites for hydroxylation is 2. The van der Waals surface area contributed by atoms with Crippen LogP contribution in [0, 0.1) is 0 Å². The van der Waals surface area contributed by atoms with Gasteiger partial charge in [0.1, 0.15) is 11.4 Å². The zero-order valence-corrected chi connectivity index (χ0v) is 26.3. The van der Waals surface area contributed by atoms with Crippen LogP contribution in [-0.4, -0.2) is 55.6 Å². The molecule has 0 aliphatic rings. The lowest BCUT2D eigenvalue weighted by Gasteiger charge is -2.23. The molecular formula is C34H48N4O5. The number of aromatic nitrogens is 3. The van der Waals surface area contributed by atoms with Crippen LogP contribution in [-0.2, 0) is 37.6 Å². The molecule has 43 heavy (non-hydrogen) atoms. The number of carboxylic acid groups (broad SMARTS) is 1. The quantitative estimate of drug-likeness (QED) is 0.198. The van der Waals surface area contributed by atoms with E-state index in [0.717, 1.165) is 70.0 Å². The van der Waals surface area contributed by atoms with Crippen molar-refractivity contribution in [3.63, 3.8) is 0 Å². The lowest BCUT2D eigenvalue weighted by atomic mass is 10.1. The van der Waals surface area contributed by atoms with E-state index < -0.39 is 11.6 Å². The Kier molecular flexibility index (Phi) is 13.2. The average molecular weight is 593 g/mol. The van der Waals surface area contributed by atoms with E-state index in [9.17, 15) is 19.5 Å². The molecule has 1 N–H and O–H groups in total. The Labute approximate surface area is 255 Å². The summed E-state index contributed by atoms with van der Waals surface area (Å²) in [6.45, 7) is 7.94. The molecule has 0 spiro atoms. The van der Waals surface area contributed by atoms with E-state index >= 15 is 0 Å². The maximum absolute atomic E-state index is 13.2. The van der Waals surface area contributed by atoms with Crippen LogP contribution in [0.25, 0.3) is 0 Å². The first kappa shape index (κ1) is 33.8. The Morgan fingerprint density at radius 3 is 2.19 bits per heavy atom. The first-order valence-corrected chi connectivity index (χ1v) is 15.6. The molecule has 0 aliphatic carbocycles. The van der Waals surface area contributed by atoms with E-state index in [2.05, 4.69) is 41.2 Å². The Morgan fingerprint density at radius 1 is 0.860 bits per heavy atom. The first-order chi connectivity index (χ1) is 20.6. The number of rotatable bonds is 19. The van der Waals surface area contributed by atoms with Crippen LogP contribution in [0.15, 0.2) is 64.2 Å². The summed E-state index contributed by atoms with van der Waals surface area (Å²) in [6.07, 6.45) is 8.42. The number of unbranched alkanes of at least 4 members (excludes halogenated alkanes) is 4. The summed E-state index contributed by atoms with van der Waals surface area (Å²) < 4.78 is 8.27. The fourth-order valence-electron chi connectivity index (χ4n) is 5.01. The molecule has 0 unspecified atom stereocenters. The molecule has 0 fully saturated rings. The summed E-state index contributed by atoms with van der Waals surface area (Å²) in [5, 5.41) is 13.7. The van der Waals surface area contributed by atoms with E-state index in [-0.39, 0.29) is 11.2 Å². The summed E-state index contributed by atoms with van der Waals surface area (Å²) >= 11 is 0. The molecule has 2 aromatic carbocycles. The Hall–Kier alpha value is -3.72. The average Bonchev–Trinajstić information content (AvgIpc) is 2.99.